The van der Waals surface area contributed by atoms with E-state index in [4.69, 9.17) is 4.74 Å². The molecule has 0 aliphatic heterocycles. The molecule has 0 saturated carbocycles. The zero-order valence-corrected chi connectivity index (χ0v) is 16.6. The van der Waals surface area contributed by atoms with Gasteiger partial charge in [0.25, 0.3) is 0 Å². The van der Waals surface area contributed by atoms with Crippen LogP contribution in [0.1, 0.15) is 62.9 Å². The minimum absolute atomic E-state index is 0.0346. The predicted molar refractivity (Wildman–Crippen MR) is 98.2 cm³/mol. The molecular formula is C18H32N2O2S. The Morgan fingerprint density at radius 2 is 1.87 bits per heavy atom. The van der Waals surface area contributed by atoms with Gasteiger partial charge in [0, 0.05) is 28.4 Å². The van der Waals surface area contributed by atoms with E-state index in [1.165, 1.54) is 15.3 Å². The number of carbonyl (C=O) groups excluding carboxylic acids is 1. The molecule has 5 heteroatoms. The number of carbonyl (C=O) groups is 1. The standard InChI is InChI=1S/C18H32N2O2S/c1-11(2)16(20-17(21)22-18(6,7)8)10-19-13(4)15-9-12(3)23-14(15)5/h9,11,13,16,19H,10H2,1-8H3,(H,20,21). The average Bonchev–Trinajstić information content (AvgIpc) is 2.70. The Kier molecular flexibility index (Phi) is 7.08. The molecule has 0 aliphatic carbocycles. The van der Waals surface area contributed by atoms with Crippen molar-refractivity contribution in [3.8, 4) is 0 Å². The highest BCUT2D eigenvalue weighted by molar-refractivity contribution is 7.12. The lowest BCUT2D eigenvalue weighted by Crippen LogP contribution is -2.47. The SMILES string of the molecule is Cc1cc(C(C)NCC(NC(=O)OC(C)(C)C)C(C)C)c(C)s1. The minimum Gasteiger partial charge on any atom is -0.444 e. The molecule has 0 fully saturated rings. The lowest BCUT2D eigenvalue weighted by atomic mass is 10.0. The highest BCUT2D eigenvalue weighted by Gasteiger charge is 2.22. The zero-order valence-electron chi connectivity index (χ0n) is 15.7. The summed E-state index contributed by atoms with van der Waals surface area (Å²) in [5.74, 6) is 0.326. The van der Waals surface area contributed by atoms with E-state index in [-0.39, 0.29) is 18.2 Å². The summed E-state index contributed by atoms with van der Waals surface area (Å²) in [6.45, 7) is 17.0. The van der Waals surface area contributed by atoms with Crippen LogP contribution < -0.4 is 10.6 Å². The molecule has 1 heterocycles. The van der Waals surface area contributed by atoms with Gasteiger partial charge in [-0.25, -0.2) is 4.79 Å². The summed E-state index contributed by atoms with van der Waals surface area (Å²) in [7, 11) is 0. The Morgan fingerprint density at radius 3 is 2.30 bits per heavy atom. The Bertz CT molecular complexity index is 518. The molecule has 1 aromatic rings. The molecule has 4 nitrogen and oxygen atoms in total. The van der Waals surface area contributed by atoms with Crippen molar-refractivity contribution in [3.63, 3.8) is 0 Å². The van der Waals surface area contributed by atoms with E-state index < -0.39 is 5.60 Å². The molecule has 0 spiro atoms. The van der Waals surface area contributed by atoms with E-state index in [0.29, 0.717) is 12.5 Å². The van der Waals surface area contributed by atoms with Crippen LogP contribution in [-0.4, -0.2) is 24.3 Å². The van der Waals surface area contributed by atoms with Crippen molar-refractivity contribution in [1.82, 2.24) is 10.6 Å². The first-order chi connectivity index (χ1) is 10.5. The molecule has 23 heavy (non-hydrogen) atoms. The van der Waals surface area contributed by atoms with Gasteiger partial charge in [-0.15, -0.1) is 11.3 Å². The summed E-state index contributed by atoms with van der Waals surface area (Å²) in [6, 6.07) is 2.54. The van der Waals surface area contributed by atoms with Gasteiger partial charge in [0.2, 0.25) is 0 Å². The second kappa shape index (κ2) is 8.15. The number of nitrogens with one attached hydrogen (secondary N) is 2. The third kappa shape index (κ3) is 6.92. The van der Waals surface area contributed by atoms with E-state index in [2.05, 4.69) is 51.3 Å². The third-order valence-corrected chi connectivity index (χ3v) is 4.68. The molecule has 0 bridgehead atoms. The van der Waals surface area contributed by atoms with E-state index in [9.17, 15) is 4.79 Å². The van der Waals surface area contributed by atoms with Crippen molar-refractivity contribution in [1.29, 1.82) is 0 Å². The molecule has 132 valence electrons. The molecule has 2 atom stereocenters. The molecule has 1 aromatic heterocycles. The van der Waals surface area contributed by atoms with Gasteiger partial charge in [-0.05, 0) is 59.1 Å². The fourth-order valence-corrected chi connectivity index (χ4v) is 3.43. The lowest BCUT2D eigenvalue weighted by Gasteiger charge is -2.27. The van der Waals surface area contributed by atoms with Crippen molar-refractivity contribution >= 4 is 17.4 Å². The van der Waals surface area contributed by atoms with Crippen molar-refractivity contribution in [3.05, 3.63) is 21.4 Å². The van der Waals surface area contributed by atoms with Crippen molar-refractivity contribution < 1.29 is 9.53 Å². The summed E-state index contributed by atoms with van der Waals surface area (Å²) in [4.78, 5) is 14.7. The van der Waals surface area contributed by atoms with Gasteiger partial charge in [0.15, 0.2) is 0 Å². The first kappa shape index (κ1) is 20.0. The van der Waals surface area contributed by atoms with Crippen LogP contribution in [0.2, 0.25) is 0 Å². The Balaban J connectivity index is 2.59. The number of rotatable bonds is 6. The van der Waals surface area contributed by atoms with Gasteiger partial charge in [0.05, 0.1) is 0 Å². The van der Waals surface area contributed by atoms with Gasteiger partial charge in [-0.2, -0.15) is 0 Å². The summed E-state index contributed by atoms with van der Waals surface area (Å²) in [6.07, 6.45) is -0.354. The van der Waals surface area contributed by atoms with Crippen LogP contribution >= 0.6 is 11.3 Å². The summed E-state index contributed by atoms with van der Waals surface area (Å²) in [5.41, 5.74) is 0.866. The Morgan fingerprint density at radius 1 is 1.26 bits per heavy atom. The average molecular weight is 341 g/mol. The maximum absolute atomic E-state index is 12.0. The molecule has 2 N–H and O–H groups in total. The number of aryl methyl sites for hydroxylation is 2. The van der Waals surface area contributed by atoms with Crippen molar-refractivity contribution in [2.24, 2.45) is 5.92 Å². The quantitative estimate of drug-likeness (QED) is 0.798. The molecule has 1 rings (SSSR count). The third-order valence-electron chi connectivity index (χ3n) is 3.70. The summed E-state index contributed by atoms with van der Waals surface area (Å²) in [5, 5.41) is 6.52. The van der Waals surface area contributed by atoms with Crippen LogP contribution in [0.5, 0.6) is 0 Å². The number of amides is 1. The number of thiophene rings is 1. The summed E-state index contributed by atoms with van der Waals surface area (Å²) >= 11 is 1.83. The predicted octanol–water partition coefficient (Wildman–Crippen LogP) is 4.56. The molecule has 0 aromatic carbocycles. The van der Waals surface area contributed by atoms with Crippen molar-refractivity contribution in [2.75, 3.05) is 6.54 Å². The van der Waals surface area contributed by atoms with E-state index in [1.807, 2.05) is 32.1 Å². The maximum atomic E-state index is 12.0. The van der Waals surface area contributed by atoms with Gasteiger partial charge in [-0.3, -0.25) is 0 Å². The molecule has 0 aliphatic rings. The van der Waals surface area contributed by atoms with Crippen LogP contribution in [-0.2, 0) is 4.74 Å². The van der Waals surface area contributed by atoms with E-state index in [0.717, 1.165) is 0 Å². The van der Waals surface area contributed by atoms with Crippen molar-refractivity contribution in [2.45, 2.75) is 73.1 Å². The number of hydrogen-bond donors (Lipinski definition) is 2. The Hall–Kier alpha value is -1.07. The molecule has 0 saturated heterocycles. The van der Waals surface area contributed by atoms with Crippen LogP contribution in [0.15, 0.2) is 6.07 Å². The van der Waals surface area contributed by atoms with Gasteiger partial charge >= 0.3 is 6.09 Å². The maximum Gasteiger partial charge on any atom is 0.407 e. The zero-order chi connectivity index (χ0) is 17.8. The number of alkyl carbamates (subject to hydrolysis) is 1. The van der Waals surface area contributed by atoms with E-state index >= 15 is 0 Å². The van der Waals surface area contributed by atoms with Gasteiger partial charge in [-0.1, -0.05) is 13.8 Å². The smallest absolute Gasteiger partial charge is 0.407 e. The van der Waals surface area contributed by atoms with Crippen LogP contribution in [0.4, 0.5) is 4.79 Å². The normalized spacial score (nSPS) is 14.7. The number of hydrogen-bond acceptors (Lipinski definition) is 4. The highest BCUT2D eigenvalue weighted by atomic mass is 32.1. The van der Waals surface area contributed by atoms with Crippen LogP contribution in [0, 0.1) is 19.8 Å². The molecule has 1 amide bonds. The molecule has 0 radical (unpaired) electrons. The summed E-state index contributed by atoms with van der Waals surface area (Å²) < 4.78 is 5.36. The second-order valence-electron chi connectivity index (χ2n) is 7.50. The molecule has 2 unspecified atom stereocenters. The fraction of sp³-hybridized carbons (Fsp3) is 0.722. The van der Waals surface area contributed by atoms with E-state index in [1.54, 1.807) is 0 Å². The fourth-order valence-electron chi connectivity index (χ4n) is 2.41. The topological polar surface area (TPSA) is 50.4 Å². The highest BCUT2D eigenvalue weighted by Crippen LogP contribution is 2.26. The lowest BCUT2D eigenvalue weighted by molar-refractivity contribution is 0.0489. The first-order valence-electron chi connectivity index (χ1n) is 8.29. The minimum atomic E-state index is -0.475. The monoisotopic (exact) mass is 340 g/mol. The Labute approximate surface area is 145 Å². The van der Waals surface area contributed by atoms with Crippen LogP contribution in [0.3, 0.4) is 0 Å². The number of ether oxygens (including phenoxy) is 1. The largest absolute Gasteiger partial charge is 0.444 e. The molecular weight excluding hydrogens is 308 g/mol. The van der Waals surface area contributed by atoms with Crippen LogP contribution in [0.25, 0.3) is 0 Å². The van der Waals surface area contributed by atoms with Gasteiger partial charge < -0.3 is 15.4 Å². The first-order valence-corrected chi connectivity index (χ1v) is 9.11. The second-order valence-corrected chi connectivity index (χ2v) is 8.96. The van der Waals surface area contributed by atoms with Gasteiger partial charge in [0.1, 0.15) is 5.60 Å².